The maximum atomic E-state index is 5.40. The van der Waals surface area contributed by atoms with Gasteiger partial charge in [0, 0.05) is 17.6 Å². The van der Waals surface area contributed by atoms with E-state index < -0.39 is 0 Å². The fourth-order valence-electron chi connectivity index (χ4n) is 0.659. The first-order chi connectivity index (χ1) is 5.02. The standard InChI is InChI=1S/C9H16N2/c1-7(2)5-9(4)11-6-8(3)10/h5-6H,10H2,1-4H3/b8-6-,11-9?. The molecule has 0 unspecified atom stereocenters. The van der Waals surface area contributed by atoms with E-state index in [-0.39, 0.29) is 0 Å². The molecule has 0 aromatic heterocycles. The summed E-state index contributed by atoms with van der Waals surface area (Å²) in [5, 5.41) is 0. The number of hydrogen-bond donors (Lipinski definition) is 1. The van der Waals surface area contributed by atoms with Crippen molar-refractivity contribution in [2.45, 2.75) is 27.7 Å². The van der Waals surface area contributed by atoms with Crippen LogP contribution in [0.25, 0.3) is 0 Å². The zero-order valence-corrected chi connectivity index (χ0v) is 7.68. The van der Waals surface area contributed by atoms with E-state index in [1.165, 1.54) is 5.57 Å². The zero-order valence-electron chi connectivity index (χ0n) is 7.68. The van der Waals surface area contributed by atoms with Crippen LogP contribution in [0.5, 0.6) is 0 Å². The number of nitrogens with zero attached hydrogens (tertiary/aromatic N) is 1. The number of nitrogens with two attached hydrogens (primary N) is 1. The molecule has 2 N–H and O–H groups in total. The van der Waals surface area contributed by atoms with Crippen LogP contribution >= 0.6 is 0 Å². The van der Waals surface area contributed by atoms with Gasteiger partial charge in [-0.05, 0) is 33.8 Å². The second kappa shape index (κ2) is 4.72. The molecular formula is C9H16N2. The Bertz CT molecular complexity index is 202. The summed E-state index contributed by atoms with van der Waals surface area (Å²) in [6, 6.07) is 0. The summed E-state index contributed by atoms with van der Waals surface area (Å²) < 4.78 is 0. The molecule has 0 aromatic carbocycles. The van der Waals surface area contributed by atoms with Gasteiger partial charge in [0.05, 0.1) is 0 Å². The van der Waals surface area contributed by atoms with Crippen molar-refractivity contribution in [1.82, 2.24) is 0 Å². The molecule has 11 heavy (non-hydrogen) atoms. The summed E-state index contributed by atoms with van der Waals surface area (Å²) in [6.07, 6.45) is 3.67. The third kappa shape index (κ3) is 6.84. The van der Waals surface area contributed by atoms with E-state index in [1.54, 1.807) is 6.20 Å². The minimum absolute atomic E-state index is 0.728. The molecule has 0 aliphatic heterocycles. The topological polar surface area (TPSA) is 38.4 Å². The van der Waals surface area contributed by atoms with Crippen LogP contribution in [0, 0.1) is 0 Å². The van der Waals surface area contributed by atoms with Crippen molar-refractivity contribution in [1.29, 1.82) is 0 Å². The van der Waals surface area contributed by atoms with E-state index in [1.807, 2.05) is 33.8 Å². The third-order valence-electron chi connectivity index (χ3n) is 0.969. The molecule has 0 bridgehead atoms. The largest absolute Gasteiger partial charge is 0.401 e. The Morgan fingerprint density at radius 1 is 1.18 bits per heavy atom. The molecule has 0 amide bonds. The quantitative estimate of drug-likeness (QED) is 0.605. The molecule has 0 atom stereocenters. The van der Waals surface area contributed by atoms with Crippen LogP contribution < -0.4 is 5.73 Å². The fourth-order valence-corrected chi connectivity index (χ4v) is 0.659. The van der Waals surface area contributed by atoms with Crippen molar-refractivity contribution in [3.05, 3.63) is 23.5 Å². The van der Waals surface area contributed by atoms with E-state index >= 15 is 0 Å². The van der Waals surface area contributed by atoms with Crippen LogP contribution in [0.1, 0.15) is 27.7 Å². The van der Waals surface area contributed by atoms with Gasteiger partial charge in [-0.3, -0.25) is 4.99 Å². The molecule has 0 aromatic rings. The lowest BCUT2D eigenvalue weighted by molar-refractivity contribution is 1.27. The van der Waals surface area contributed by atoms with Gasteiger partial charge in [-0.15, -0.1) is 0 Å². The van der Waals surface area contributed by atoms with E-state index in [2.05, 4.69) is 4.99 Å². The van der Waals surface area contributed by atoms with Crippen molar-refractivity contribution in [2.24, 2.45) is 10.7 Å². The normalized spacial score (nSPS) is 13.1. The average molecular weight is 152 g/mol. The predicted octanol–water partition coefficient (Wildman–Crippen LogP) is 2.23. The Morgan fingerprint density at radius 3 is 2.09 bits per heavy atom. The SMILES string of the molecule is CC(C)=CC(C)=N/C=C(/C)N. The molecule has 0 heterocycles. The van der Waals surface area contributed by atoms with Gasteiger partial charge in [0.15, 0.2) is 0 Å². The van der Waals surface area contributed by atoms with Crippen molar-refractivity contribution < 1.29 is 0 Å². The van der Waals surface area contributed by atoms with E-state index in [0.29, 0.717) is 0 Å². The van der Waals surface area contributed by atoms with Crippen LogP contribution in [0.2, 0.25) is 0 Å². The maximum Gasteiger partial charge on any atom is 0.0455 e. The first-order valence-corrected chi connectivity index (χ1v) is 3.64. The third-order valence-corrected chi connectivity index (χ3v) is 0.969. The van der Waals surface area contributed by atoms with E-state index in [0.717, 1.165) is 11.4 Å². The Morgan fingerprint density at radius 2 is 1.73 bits per heavy atom. The predicted molar refractivity (Wildman–Crippen MR) is 50.5 cm³/mol. The monoisotopic (exact) mass is 152 g/mol. The van der Waals surface area contributed by atoms with Crippen LogP contribution in [0.4, 0.5) is 0 Å². The van der Waals surface area contributed by atoms with Gasteiger partial charge in [-0.25, -0.2) is 0 Å². The minimum atomic E-state index is 0.728. The highest BCUT2D eigenvalue weighted by Crippen LogP contribution is 1.92. The smallest absolute Gasteiger partial charge is 0.0455 e. The average Bonchev–Trinajstić information content (AvgIpc) is 1.82. The van der Waals surface area contributed by atoms with Crippen molar-refractivity contribution in [3.63, 3.8) is 0 Å². The fraction of sp³-hybridized carbons (Fsp3) is 0.444. The van der Waals surface area contributed by atoms with Gasteiger partial charge >= 0.3 is 0 Å². The number of hydrogen-bond acceptors (Lipinski definition) is 2. The highest BCUT2D eigenvalue weighted by molar-refractivity contribution is 5.93. The number of rotatable bonds is 2. The molecule has 0 aliphatic rings. The van der Waals surface area contributed by atoms with Gasteiger partial charge in [-0.2, -0.15) is 0 Å². The van der Waals surface area contributed by atoms with Crippen molar-refractivity contribution in [2.75, 3.05) is 0 Å². The van der Waals surface area contributed by atoms with Gasteiger partial charge < -0.3 is 5.73 Å². The maximum absolute atomic E-state index is 5.40. The zero-order chi connectivity index (χ0) is 8.85. The molecule has 0 saturated carbocycles. The first kappa shape index (κ1) is 9.95. The van der Waals surface area contributed by atoms with Gasteiger partial charge in [-0.1, -0.05) is 5.57 Å². The molecular weight excluding hydrogens is 136 g/mol. The molecule has 0 rings (SSSR count). The van der Waals surface area contributed by atoms with Gasteiger partial charge in [0.2, 0.25) is 0 Å². The highest BCUT2D eigenvalue weighted by atomic mass is 14.7. The lowest BCUT2D eigenvalue weighted by atomic mass is 10.2. The summed E-state index contributed by atoms with van der Waals surface area (Å²) in [4.78, 5) is 4.12. The van der Waals surface area contributed by atoms with Gasteiger partial charge in [0.25, 0.3) is 0 Å². The minimum Gasteiger partial charge on any atom is -0.401 e. The highest BCUT2D eigenvalue weighted by Gasteiger charge is 1.82. The van der Waals surface area contributed by atoms with Crippen LogP contribution in [-0.2, 0) is 0 Å². The molecule has 0 spiro atoms. The lowest BCUT2D eigenvalue weighted by Gasteiger charge is -1.91. The molecule has 2 heteroatoms. The van der Waals surface area contributed by atoms with Gasteiger partial charge in [0.1, 0.15) is 0 Å². The lowest BCUT2D eigenvalue weighted by Crippen LogP contribution is -1.90. The van der Waals surface area contributed by atoms with Crippen LogP contribution in [-0.4, -0.2) is 5.71 Å². The molecule has 0 radical (unpaired) electrons. The second-order valence-corrected chi connectivity index (χ2v) is 2.87. The van der Waals surface area contributed by atoms with Crippen LogP contribution in [0.15, 0.2) is 28.5 Å². The summed E-state index contributed by atoms with van der Waals surface area (Å²) in [7, 11) is 0. The Labute approximate surface area is 68.5 Å². The molecule has 0 aliphatic carbocycles. The number of allylic oxidation sites excluding steroid dienone is 3. The molecule has 0 fully saturated rings. The second-order valence-electron chi connectivity index (χ2n) is 2.87. The molecule has 62 valence electrons. The van der Waals surface area contributed by atoms with E-state index in [9.17, 15) is 0 Å². The first-order valence-electron chi connectivity index (χ1n) is 3.64. The molecule has 0 saturated heterocycles. The Hall–Kier alpha value is -1.05. The van der Waals surface area contributed by atoms with Crippen LogP contribution in [0.3, 0.4) is 0 Å². The summed E-state index contributed by atoms with van der Waals surface area (Å²) in [6.45, 7) is 7.85. The number of aliphatic imine (C=N–C) groups is 1. The summed E-state index contributed by atoms with van der Waals surface area (Å²) in [5.74, 6) is 0. The Kier molecular flexibility index (Phi) is 4.27. The Balaban J connectivity index is 4.25. The summed E-state index contributed by atoms with van der Waals surface area (Å²) >= 11 is 0. The summed E-state index contributed by atoms with van der Waals surface area (Å²) in [5.41, 5.74) is 8.36. The van der Waals surface area contributed by atoms with Crippen molar-refractivity contribution >= 4 is 5.71 Å². The van der Waals surface area contributed by atoms with E-state index in [4.69, 9.17) is 5.73 Å². The van der Waals surface area contributed by atoms with Crippen molar-refractivity contribution in [3.8, 4) is 0 Å². The molecule has 2 nitrogen and oxygen atoms in total.